The molecule has 2 heterocycles. The van der Waals surface area contributed by atoms with E-state index in [1.165, 1.54) is 65.0 Å². The van der Waals surface area contributed by atoms with Crippen molar-refractivity contribution in [1.29, 1.82) is 0 Å². The molecule has 18 heavy (non-hydrogen) atoms. The minimum absolute atomic E-state index is 0.962. The Labute approximate surface area is 113 Å². The van der Waals surface area contributed by atoms with Crippen LogP contribution in [0.4, 0.5) is 0 Å². The Hall–Kier alpha value is -0.120. The molecule has 0 unspecified atom stereocenters. The smallest absolute Gasteiger partial charge is 0.0107 e. The van der Waals surface area contributed by atoms with Gasteiger partial charge in [-0.1, -0.05) is 6.92 Å². The summed E-state index contributed by atoms with van der Waals surface area (Å²) < 4.78 is 0. The lowest BCUT2D eigenvalue weighted by Crippen LogP contribution is -2.42. The second-order valence-electron chi connectivity index (χ2n) is 6.37. The van der Waals surface area contributed by atoms with Gasteiger partial charge in [0.25, 0.3) is 0 Å². The van der Waals surface area contributed by atoms with E-state index < -0.39 is 0 Å². The van der Waals surface area contributed by atoms with Gasteiger partial charge in [0.2, 0.25) is 0 Å². The van der Waals surface area contributed by atoms with Gasteiger partial charge in [-0.25, -0.2) is 0 Å². The van der Waals surface area contributed by atoms with Crippen LogP contribution in [0.5, 0.6) is 0 Å². The first-order chi connectivity index (χ1) is 8.78. The van der Waals surface area contributed by atoms with E-state index >= 15 is 0 Å². The highest BCUT2D eigenvalue weighted by atomic mass is 15.2. The van der Waals surface area contributed by atoms with Crippen molar-refractivity contribution in [1.82, 2.24) is 15.1 Å². The molecular formula is C15H31N3. The number of hydrogen-bond donors (Lipinski definition) is 1. The van der Waals surface area contributed by atoms with Crippen molar-refractivity contribution >= 4 is 0 Å². The SMILES string of the molecule is CNCCN1CCC(CN2CCC(C)CC2)CC1. The summed E-state index contributed by atoms with van der Waals surface area (Å²) in [5.74, 6) is 1.92. The van der Waals surface area contributed by atoms with Gasteiger partial charge >= 0.3 is 0 Å². The molecule has 3 heteroatoms. The molecule has 1 N–H and O–H groups in total. The predicted molar refractivity (Wildman–Crippen MR) is 77.9 cm³/mol. The first-order valence-electron chi connectivity index (χ1n) is 7.87. The van der Waals surface area contributed by atoms with E-state index in [9.17, 15) is 0 Å². The van der Waals surface area contributed by atoms with E-state index in [1.54, 1.807) is 0 Å². The lowest BCUT2D eigenvalue weighted by molar-refractivity contribution is 0.121. The van der Waals surface area contributed by atoms with Crippen molar-refractivity contribution in [2.75, 3.05) is 52.9 Å². The Morgan fingerprint density at radius 3 is 2.17 bits per heavy atom. The van der Waals surface area contributed by atoms with Crippen LogP contribution in [-0.4, -0.2) is 62.7 Å². The zero-order chi connectivity index (χ0) is 12.8. The van der Waals surface area contributed by atoms with E-state index in [0.717, 1.165) is 18.4 Å². The summed E-state index contributed by atoms with van der Waals surface area (Å²) >= 11 is 0. The van der Waals surface area contributed by atoms with E-state index in [0.29, 0.717) is 0 Å². The third-order valence-electron chi connectivity index (χ3n) is 4.78. The molecule has 0 aliphatic carbocycles. The van der Waals surface area contributed by atoms with Gasteiger partial charge in [-0.3, -0.25) is 0 Å². The van der Waals surface area contributed by atoms with Crippen molar-refractivity contribution in [2.45, 2.75) is 32.6 Å². The summed E-state index contributed by atoms with van der Waals surface area (Å²) in [6.07, 6.45) is 5.66. The van der Waals surface area contributed by atoms with Gasteiger partial charge in [0, 0.05) is 19.6 Å². The van der Waals surface area contributed by atoms with Crippen molar-refractivity contribution < 1.29 is 0 Å². The summed E-state index contributed by atoms with van der Waals surface area (Å²) in [4.78, 5) is 5.33. The molecule has 0 aromatic carbocycles. The average molecular weight is 253 g/mol. The summed E-state index contributed by atoms with van der Waals surface area (Å²) in [7, 11) is 2.05. The molecular weight excluding hydrogens is 222 g/mol. The van der Waals surface area contributed by atoms with Gasteiger partial charge in [0.1, 0.15) is 0 Å². The van der Waals surface area contributed by atoms with Gasteiger partial charge in [-0.15, -0.1) is 0 Å². The maximum Gasteiger partial charge on any atom is 0.0107 e. The molecule has 2 aliphatic heterocycles. The highest BCUT2D eigenvalue weighted by Crippen LogP contribution is 2.22. The predicted octanol–water partition coefficient (Wildman–Crippen LogP) is 1.65. The first kappa shape index (κ1) is 14.3. The molecule has 0 spiro atoms. The largest absolute Gasteiger partial charge is 0.318 e. The first-order valence-corrected chi connectivity index (χ1v) is 7.87. The molecule has 2 aliphatic rings. The zero-order valence-corrected chi connectivity index (χ0v) is 12.3. The number of likely N-dealkylation sites (tertiary alicyclic amines) is 2. The number of piperidine rings is 2. The van der Waals surface area contributed by atoms with E-state index in [1.807, 2.05) is 7.05 Å². The Bertz CT molecular complexity index is 216. The number of hydrogen-bond acceptors (Lipinski definition) is 3. The van der Waals surface area contributed by atoms with Gasteiger partial charge < -0.3 is 15.1 Å². The molecule has 0 amide bonds. The normalized spacial score (nSPS) is 25.7. The highest BCUT2D eigenvalue weighted by Gasteiger charge is 2.23. The Kier molecular flexibility index (Phi) is 5.93. The molecule has 0 aromatic heterocycles. The maximum atomic E-state index is 3.25. The van der Waals surface area contributed by atoms with E-state index in [4.69, 9.17) is 0 Å². The van der Waals surface area contributed by atoms with Crippen molar-refractivity contribution in [3.8, 4) is 0 Å². The van der Waals surface area contributed by atoms with Gasteiger partial charge in [-0.05, 0) is 70.7 Å². The third kappa shape index (κ3) is 4.52. The second kappa shape index (κ2) is 7.46. The molecule has 2 rings (SSSR count). The van der Waals surface area contributed by atoms with Gasteiger partial charge in [-0.2, -0.15) is 0 Å². The molecule has 0 atom stereocenters. The monoisotopic (exact) mass is 253 g/mol. The minimum Gasteiger partial charge on any atom is -0.318 e. The molecule has 2 fully saturated rings. The molecule has 0 aromatic rings. The van der Waals surface area contributed by atoms with Crippen LogP contribution in [0.2, 0.25) is 0 Å². The molecule has 0 saturated carbocycles. The fraction of sp³-hybridized carbons (Fsp3) is 1.00. The Morgan fingerprint density at radius 2 is 1.56 bits per heavy atom. The van der Waals surface area contributed by atoms with Crippen LogP contribution < -0.4 is 5.32 Å². The van der Waals surface area contributed by atoms with Crippen LogP contribution >= 0.6 is 0 Å². The quantitative estimate of drug-likeness (QED) is 0.804. The topological polar surface area (TPSA) is 18.5 Å². The molecule has 3 nitrogen and oxygen atoms in total. The van der Waals surface area contributed by atoms with Crippen molar-refractivity contribution in [3.63, 3.8) is 0 Å². The van der Waals surface area contributed by atoms with Crippen LogP contribution in [0.1, 0.15) is 32.6 Å². The van der Waals surface area contributed by atoms with Crippen molar-refractivity contribution in [3.05, 3.63) is 0 Å². The van der Waals surface area contributed by atoms with Crippen LogP contribution in [0.3, 0.4) is 0 Å². The number of likely N-dealkylation sites (N-methyl/N-ethyl adjacent to an activating group) is 1. The third-order valence-corrected chi connectivity index (χ3v) is 4.78. The zero-order valence-electron chi connectivity index (χ0n) is 12.3. The van der Waals surface area contributed by atoms with Crippen molar-refractivity contribution in [2.24, 2.45) is 11.8 Å². The number of rotatable bonds is 5. The molecule has 0 radical (unpaired) electrons. The summed E-state index contributed by atoms with van der Waals surface area (Å²) in [5, 5.41) is 3.25. The number of nitrogens with one attached hydrogen (secondary N) is 1. The standard InChI is InChI=1S/C15H31N3/c1-14-3-8-18(9-4-14)13-15-5-10-17(11-6-15)12-7-16-2/h14-16H,3-13H2,1-2H3. The van der Waals surface area contributed by atoms with Crippen LogP contribution in [-0.2, 0) is 0 Å². The molecule has 0 bridgehead atoms. The fourth-order valence-electron chi connectivity index (χ4n) is 3.27. The van der Waals surface area contributed by atoms with E-state index in [2.05, 4.69) is 22.0 Å². The molecule has 2 saturated heterocycles. The summed E-state index contributed by atoms with van der Waals surface area (Å²) in [5.41, 5.74) is 0. The maximum absolute atomic E-state index is 3.25. The summed E-state index contributed by atoms with van der Waals surface area (Å²) in [6, 6.07) is 0. The fourth-order valence-corrected chi connectivity index (χ4v) is 3.27. The molecule has 106 valence electrons. The minimum atomic E-state index is 0.962. The van der Waals surface area contributed by atoms with Crippen LogP contribution in [0.25, 0.3) is 0 Å². The number of nitrogens with zero attached hydrogens (tertiary/aromatic N) is 2. The van der Waals surface area contributed by atoms with Crippen LogP contribution in [0, 0.1) is 11.8 Å². The lowest BCUT2D eigenvalue weighted by atomic mass is 9.93. The summed E-state index contributed by atoms with van der Waals surface area (Å²) in [6.45, 7) is 11.5. The second-order valence-corrected chi connectivity index (χ2v) is 6.37. The van der Waals surface area contributed by atoms with Gasteiger partial charge in [0.15, 0.2) is 0 Å². The lowest BCUT2D eigenvalue weighted by Gasteiger charge is -2.37. The Balaban J connectivity index is 1.61. The highest BCUT2D eigenvalue weighted by molar-refractivity contribution is 4.77. The average Bonchev–Trinajstić information content (AvgIpc) is 2.41. The van der Waals surface area contributed by atoms with E-state index in [-0.39, 0.29) is 0 Å². The van der Waals surface area contributed by atoms with Crippen LogP contribution in [0.15, 0.2) is 0 Å². The Morgan fingerprint density at radius 1 is 0.944 bits per heavy atom. The van der Waals surface area contributed by atoms with Gasteiger partial charge in [0.05, 0.1) is 0 Å².